The topological polar surface area (TPSA) is 81.5 Å². The van der Waals surface area contributed by atoms with Gasteiger partial charge in [0, 0.05) is 5.92 Å². The molecule has 0 heterocycles. The van der Waals surface area contributed by atoms with Crippen molar-refractivity contribution in [1.29, 1.82) is 0 Å². The number of halogens is 2. The number of hydrogen-bond acceptors (Lipinski definition) is 1. The lowest BCUT2D eigenvalue weighted by atomic mass is 10.1. The minimum Gasteiger partial charge on any atom is -0.370 e. The van der Waals surface area contributed by atoms with E-state index in [4.69, 9.17) is 34.7 Å². The van der Waals surface area contributed by atoms with Crippen LogP contribution in [0, 0.1) is 5.92 Å². The van der Waals surface area contributed by atoms with Crippen molar-refractivity contribution < 1.29 is 4.79 Å². The fraction of sp³-hybridized carbons (Fsp3) is 0.273. The fourth-order valence-electron chi connectivity index (χ4n) is 1.79. The maximum Gasteiger partial charge on any atom is 0.252 e. The quantitative estimate of drug-likeness (QED) is 0.637. The van der Waals surface area contributed by atoms with E-state index in [0.717, 1.165) is 12.0 Å². The van der Waals surface area contributed by atoms with E-state index in [-0.39, 0.29) is 23.7 Å². The van der Waals surface area contributed by atoms with Gasteiger partial charge < -0.3 is 11.5 Å². The van der Waals surface area contributed by atoms with Crippen molar-refractivity contribution in [3.63, 3.8) is 0 Å². The molecule has 6 heteroatoms. The minimum absolute atomic E-state index is 0.139. The lowest BCUT2D eigenvalue weighted by molar-refractivity contribution is -0.119. The Bertz CT molecular complexity index is 497. The lowest BCUT2D eigenvalue weighted by Crippen LogP contribution is -2.24. The molecule has 0 saturated heterocycles. The van der Waals surface area contributed by atoms with Gasteiger partial charge >= 0.3 is 0 Å². The molecule has 4 nitrogen and oxygen atoms in total. The predicted molar refractivity (Wildman–Crippen MR) is 68.1 cm³/mol. The van der Waals surface area contributed by atoms with Crippen LogP contribution in [0.4, 0.5) is 0 Å². The monoisotopic (exact) mass is 271 g/mol. The molecule has 2 atom stereocenters. The maximum atomic E-state index is 11.5. The van der Waals surface area contributed by atoms with Gasteiger partial charge in [0.05, 0.1) is 10.0 Å². The van der Waals surface area contributed by atoms with Crippen molar-refractivity contribution in [1.82, 2.24) is 0 Å². The van der Waals surface area contributed by atoms with Gasteiger partial charge in [0.25, 0.3) is 5.91 Å². The van der Waals surface area contributed by atoms with E-state index in [1.165, 1.54) is 0 Å². The van der Waals surface area contributed by atoms with Crippen LogP contribution >= 0.6 is 23.2 Å². The second kappa shape index (κ2) is 4.55. The van der Waals surface area contributed by atoms with Gasteiger partial charge in [-0.15, -0.1) is 0 Å². The fourth-order valence-corrected chi connectivity index (χ4v) is 2.10. The first-order valence-corrected chi connectivity index (χ1v) is 5.83. The Hall–Kier alpha value is -1.26. The SMILES string of the molecule is NC(N)=NC(=O)C1CC1c1ccc(Cl)c(Cl)c1. The largest absolute Gasteiger partial charge is 0.370 e. The summed E-state index contributed by atoms with van der Waals surface area (Å²) in [4.78, 5) is 15.1. The highest BCUT2D eigenvalue weighted by Gasteiger charge is 2.44. The molecule has 1 saturated carbocycles. The second-order valence-corrected chi connectivity index (χ2v) is 4.81. The first kappa shape index (κ1) is 12.2. The first-order chi connectivity index (χ1) is 7.99. The Morgan fingerprint density at radius 2 is 2.00 bits per heavy atom. The van der Waals surface area contributed by atoms with Crippen LogP contribution < -0.4 is 11.5 Å². The number of carbonyl (C=O) groups is 1. The molecule has 1 amide bonds. The molecule has 4 N–H and O–H groups in total. The van der Waals surface area contributed by atoms with E-state index in [0.29, 0.717) is 10.0 Å². The van der Waals surface area contributed by atoms with Gasteiger partial charge in [-0.2, -0.15) is 4.99 Å². The molecule has 1 aliphatic carbocycles. The third-order valence-corrected chi connectivity index (χ3v) is 3.46. The van der Waals surface area contributed by atoms with Crippen LogP contribution in [0.1, 0.15) is 17.9 Å². The van der Waals surface area contributed by atoms with E-state index in [9.17, 15) is 4.79 Å². The summed E-state index contributed by atoms with van der Waals surface area (Å²) in [5.41, 5.74) is 11.3. The molecule has 1 aliphatic rings. The van der Waals surface area contributed by atoms with Crippen LogP contribution in [0.2, 0.25) is 10.0 Å². The number of benzene rings is 1. The highest BCUT2D eigenvalue weighted by molar-refractivity contribution is 6.42. The van der Waals surface area contributed by atoms with Crippen LogP contribution in [0.5, 0.6) is 0 Å². The minimum atomic E-state index is -0.277. The van der Waals surface area contributed by atoms with Crippen LogP contribution in [0.25, 0.3) is 0 Å². The molecular formula is C11H11Cl2N3O. The molecule has 0 radical (unpaired) electrons. The highest BCUT2D eigenvalue weighted by Crippen LogP contribution is 2.49. The average molecular weight is 272 g/mol. The zero-order chi connectivity index (χ0) is 12.6. The van der Waals surface area contributed by atoms with Gasteiger partial charge in [-0.3, -0.25) is 4.79 Å². The van der Waals surface area contributed by atoms with Crippen molar-refractivity contribution in [2.45, 2.75) is 12.3 Å². The Morgan fingerprint density at radius 3 is 2.59 bits per heavy atom. The number of amides is 1. The van der Waals surface area contributed by atoms with E-state index in [1.807, 2.05) is 6.07 Å². The van der Waals surface area contributed by atoms with Gasteiger partial charge in [-0.25, -0.2) is 0 Å². The number of nitrogens with zero attached hydrogens (tertiary/aromatic N) is 1. The van der Waals surface area contributed by atoms with Crippen molar-refractivity contribution in [2.24, 2.45) is 22.4 Å². The molecule has 0 bridgehead atoms. The summed E-state index contributed by atoms with van der Waals surface area (Å²) in [6, 6.07) is 5.36. The molecule has 0 spiro atoms. The molecule has 17 heavy (non-hydrogen) atoms. The summed E-state index contributed by atoms with van der Waals surface area (Å²) < 4.78 is 0. The van der Waals surface area contributed by atoms with Crippen molar-refractivity contribution in [3.8, 4) is 0 Å². The standard InChI is InChI=1S/C11H11Cl2N3O/c12-8-2-1-5(3-9(8)13)6-4-7(6)10(17)16-11(14)15/h1-3,6-7H,4H2,(H4,14,15,16,17). The lowest BCUT2D eigenvalue weighted by Gasteiger charge is -2.01. The smallest absolute Gasteiger partial charge is 0.252 e. The van der Waals surface area contributed by atoms with Crippen LogP contribution in [0.15, 0.2) is 23.2 Å². The van der Waals surface area contributed by atoms with E-state index >= 15 is 0 Å². The van der Waals surface area contributed by atoms with Gasteiger partial charge in [0.2, 0.25) is 0 Å². The third kappa shape index (κ3) is 2.70. The summed E-state index contributed by atoms with van der Waals surface area (Å²) in [6.07, 6.45) is 0.744. The number of carbonyl (C=O) groups excluding carboxylic acids is 1. The Kier molecular flexibility index (Phi) is 3.26. The van der Waals surface area contributed by atoms with Crippen molar-refractivity contribution in [3.05, 3.63) is 33.8 Å². The van der Waals surface area contributed by atoms with Gasteiger partial charge in [-0.1, -0.05) is 29.3 Å². The van der Waals surface area contributed by atoms with E-state index in [1.54, 1.807) is 12.1 Å². The number of hydrogen-bond donors (Lipinski definition) is 2. The summed E-state index contributed by atoms with van der Waals surface area (Å²) in [5, 5.41) is 0.993. The predicted octanol–water partition coefficient (Wildman–Crippen LogP) is 1.90. The second-order valence-electron chi connectivity index (χ2n) is 4.00. The molecule has 1 fully saturated rings. The van der Waals surface area contributed by atoms with E-state index < -0.39 is 0 Å². The molecular weight excluding hydrogens is 261 g/mol. The third-order valence-electron chi connectivity index (χ3n) is 2.72. The molecule has 2 rings (SSSR count). The summed E-state index contributed by atoms with van der Waals surface area (Å²) in [7, 11) is 0. The van der Waals surface area contributed by atoms with Crippen LogP contribution in [0.3, 0.4) is 0 Å². The molecule has 0 aromatic heterocycles. The van der Waals surface area contributed by atoms with Crippen molar-refractivity contribution in [2.75, 3.05) is 0 Å². The molecule has 1 aromatic rings. The molecule has 2 unspecified atom stereocenters. The van der Waals surface area contributed by atoms with Gasteiger partial charge in [0.15, 0.2) is 5.96 Å². The summed E-state index contributed by atoms with van der Waals surface area (Å²) in [5.74, 6) is -0.481. The zero-order valence-electron chi connectivity index (χ0n) is 8.86. The normalized spacial score (nSPS) is 22.0. The Labute approximate surface area is 109 Å². The number of aliphatic imine (C=N–C) groups is 1. The average Bonchev–Trinajstić information content (AvgIpc) is 3.01. The van der Waals surface area contributed by atoms with Gasteiger partial charge in [-0.05, 0) is 30.0 Å². The highest BCUT2D eigenvalue weighted by atomic mass is 35.5. The zero-order valence-corrected chi connectivity index (χ0v) is 10.4. The molecule has 0 aliphatic heterocycles. The molecule has 90 valence electrons. The van der Waals surface area contributed by atoms with Gasteiger partial charge in [0.1, 0.15) is 0 Å². The number of nitrogens with two attached hydrogens (primary N) is 2. The number of rotatable bonds is 2. The summed E-state index contributed by atoms with van der Waals surface area (Å²) >= 11 is 11.7. The number of guanidine groups is 1. The van der Waals surface area contributed by atoms with Crippen LogP contribution in [-0.4, -0.2) is 11.9 Å². The molecule has 1 aromatic carbocycles. The Morgan fingerprint density at radius 1 is 1.29 bits per heavy atom. The first-order valence-electron chi connectivity index (χ1n) is 5.07. The Balaban J connectivity index is 2.10. The van der Waals surface area contributed by atoms with E-state index in [2.05, 4.69) is 4.99 Å². The maximum absolute atomic E-state index is 11.5. The van der Waals surface area contributed by atoms with Crippen LogP contribution in [-0.2, 0) is 4.79 Å². The summed E-state index contributed by atoms with van der Waals surface area (Å²) in [6.45, 7) is 0. The van der Waals surface area contributed by atoms with Crippen molar-refractivity contribution >= 4 is 35.1 Å².